The summed E-state index contributed by atoms with van der Waals surface area (Å²) in [6.45, 7) is 2.18. The van der Waals surface area contributed by atoms with E-state index in [1.165, 1.54) is 6.42 Å². The number of aliphatic carboxylic acids is 1. The third-order valence-corrected chi connectivity index (χ3v) is 7.96. The average Bonchev–Trinajstić information content (AvgIpc) is 2.99. The number of alkyl halides is 1. The van der Waals surface area contributed by atoms with Gasteiger partial charge in [0, 0.05) is 23.1 Å². The van der Waals surface area contributed by atoms with Crippen LogP contribution < -0.4 is 0 Å². The van der Waals surface area contributed by atoms with Crippen LogP contribution >= 0.6 is 11.6 Å². The molecule has 0 spiro atoms. The molecule has 4 nitrogen and oxygen atoms in total. The van der Waals surface area contributed by atoms with Crippen molar-refractivity contribution in [2.45, 2.75) is 94.6 Å². The number of carboxylic acid groups (broad SMARTS) is 1. The van der Waals surface area contributed by atoms with Crippen LogP contribution in [-0.4, -0.2) is 32.8 Å². The molecule has 31 heavy (non-hydrogen) atoms. The number of rotatable bonds is 11. The van der Waals surface area contributed by atoms with Gasteiger partial charge in [0.2, 0.25) is 0 Å². The molecule has 0 saturated heterocycles. The third kappa shape index (κ3) is 5.71. The lowest BCUT2D eigenvalue weighted by atomic mass is 9.61. The van der Waals surface area contributed by atoms with E-state index in [1.807, 2.05) is 18.2 Å². The van der Waals surface area contributed by atoms with Gasteiger partial charge >= 0.3 is 5.97 Å². The Bertz CT molecular complexity index is 740. The molecule has 0 radical (unpaired) electrons. The van der Waals surface area contributed by atoms with E-state index in [1.54, 1.807) is 0 Å². The monoisotopic (exact) mass is 448 g/mol. The van der Waals surface area contributed by atoms with Crippen LogP contribution in [0.25, 0.3) is 0 Å². The van der Waals surface area contributed by atoms with Gasteiger partial charge in [0.15, 0.2) is 0 Å². The highest BCUT2D eigenvalue weighted by Gasteiger charge is 2.44. The lowest BCUT2D eigenvalue weighted by Gasteiger charge is -2.46. The first-order valence-corrected chi connectivity index (χ1v) is 12.3. The number of aliphatic hydroxyl groups is 2. The molecule has 0 heterocycles. The van der Waals surface area contributed by atoms with Gasteiger partial charge in [-0.1, -0.05) is 56.2 Å². The van der Waals surface area contributed by atoms with Crippen molar-refractivity contribution in [2.75, 3.05) is 0 Å². The van der Waals surface area contributed by atoms with Crippen molar-refractivity contribution < 1.29 is 20.1 Å². The molecule has 0 amide bonds. The molecular weight excluding hydrogens is 412 g/mol. The van der Waals surface area contributed by atoms with Crippen molar-refractivity contribution in [2.24, 2.45) is 11.3 Å². The first-order valence-electron chi connectivity index (χ1n) is 11.8. The summed E-state index contributed by atoms with van der Waals surface area (Å²) in [5.41, 5.74) is 2.09. The van der Waals surface area contributed by atoms with E-state index in [4.69, 9.17) is 16.7 Å². The summed E-state index contributed by atoms with van der Waals surface area (Å²) >= 11 is 6.59. The Morgan fingerprint density at radius 2 is 1.97 bits per heavy atom. The number of aliphatic hydroxyl groups excluding tert-OH is 2. The van der Waals surface area contributed by atoms with Gasteiger partial charge in [-0.15, -0.1) is 11.6 Å². The number of carbonyl (C=O) groups is 1. The first-order chi connectivity index (χ1) is 14.9. The molecule has 0 aromatic heterocycles. The maximum atomic E-state index is 11.0. The highest BCUT2D eigenvalue weighted by atomic mass is 35.5. The Hall–Kier alpha value is -1.36. The minimum absolute atomic E-state index is 0.0225. The summed E-state index contributed by atoms with van der Waals surface area (Å²) in [4.78, 5) is 10.6. The van der Waals surface area contributed by atoms with E-state index < -0.39 is 18.2 Å². The maximum Gasteiger partial charge on any atom is 0.303 e. The zero-order valence-corrected chi connectivity index (χ0v) is 19.3. The number of allylic oxidation sites excluding steroid dienone is 2. The second-order valence-corrected chi connectivity index (χ2v) is 10.1. The summed E-state index contributed by atoms with van der Waals surface area (Å²) in [6, 6.07) is 8.18. The van der Waals surface area contributed by atoms with Gasteiger partial charge in [0.1, 0.15) is 0 Å². The zero-order valence-electron chi connectivity index (χ0n) is 18.5. The Kier molecular flexibility index (Phi) is 8.60. The Morgan fingerprint density at radius 3 is 2.55 bits per heavy atom. The molecule has 5 heteroatoms. The molecule has 172 valence electrons. The molecular formula is C26H37ClO4. The second kappa shape index (κ2) is 11.0. The number of unbranched alkanes of at least 4 members (excludes halogenated alkanes) is 1. The lowest BCUT2D eigenvalue weighted by molar-refractivity contribution is -0.137. The van der Waals surface area contributed by atoms with Crippen molar-refractivity contribution in [3.05, 3.63) is 47.5 Å². The van der Waals surface area contributed by atoms with Crippen LogP contribution in [0.15, 0.2) is 36.4 Å². The Balaban J connectivity index is 1.65. The number of halogens is 1. The van der Waals surface area contributed by atoms with E-state index in [0.717, 1.165) is 49.7 Å². The Morgan fingerprint density at radius 1 is 1.26 bits per heavy atom. The molecule has 0 aliphatic heterocycles. The molecule has 2 fully saturated rings. The number of benzene rings is 1. The topological polar surface area (TPSA) is 77.8 Å². The number of hydrogen-bond acceptors (Lipinski definition) is 3. The molecule has 1 unspecified atom stereocenters. The molecule has 0 bridgehead atoms. The number of hydrogen-bond donors (Lipinski definition) is 3. The van der Waals surface area contributed by atoms with E-state index in [-0.39, 0.29) is 29.0 Å². The number of carboxylic acids is 1. The van der Waals surface area contributed by atoms with Crippen molar-refractivity contribution in [1.29, 1.82) is 0 Å². The van der Waals surface area contributed by atoms with Crippen LogP contribution in [0.4, 0.5) is 0 Å². The van der Waals surface area contributed by atoms with Gasteiger partial charge in [-0.25, -0.2) is 0 Å². The van der Waals surface area contributed by atoms with Gasteiger partial charge < -0.3 is 15.3 Å². The second-order valence-electron chi connectivity index (χ2n) is 9.54. The van der Waals surface area contributed by atoms with Crippen molar-refractivity contribution in [1.82, 2.24) is 0 Å². The van der Waals surface area contributed by atoms with Crippen molar-refractivity contribution in [3.8, 4) is 0 Å². The van der Waals surface area contributed by atoms with Crippen LogP contribution in [0.2, 0.25) is 0 Å². The molecule has 3 rings (SSSR count). The van der Waals surface area contributed by atoms with Crippen LogP contribution in [0, 0.1) is 11.3 Å². The molecule has 3 N–H and O–H groups in total. The van der Waals surface area contributed by atoms with Crippen LogP contribution in [0.1, 0.15) is 94.3 Å². The molecule has 5 atom stereocenters. The fourth-order valence-electron chi connectivity index (χ4n) is 5.61. The molecule has 2 aliphatic carbocycles. The third-order valence-electron chi connectivity index (χ3n) is 7.46. The van der Waals surface area contributed by atoms with Gasteiger partial charge in [0.05, 0.1) is 12.2 Å². The smallest absolute Gasteiger partial charge is 0.303 e. The predicted molar refractivity (Wildman–Crippen MR) is 124 cm³/mol. The summed E-state index contributed by atoms with van der Waals surface area (Å²) in [7, 11) is 0. The van der Waals surface area contributed by atoms with Crippen LogP contribution in [0.3, 0.4) is 0 Å². The fraction of sp³-hybridized carbons (Fsp3) is 0.654. The quantitative estimate of drug-likeness (QED) is 0.221. The molecule has 1 aromatic rings. The van der Waals surface area contributed by atoms with Gasteiger partial charge in [-0.05, 0) is 62.0 Å². The van der Waals surface area contributed by atoms with Crippen molar-refractivity contribution in [3.63, 3.8) is 0 Å². The van der Waals surface area contributed by atoms with Gasteiger partial charge in [-0.2, -0.15) is 0 Å². The highest BCUT2D eigenvalue weighted by molar-refractivity contribution is 6.21. The molecule has 2 saturated carbocycles. The van der Waals surface area contributed by atoms with E-state index in [2.05, 4.69) is 25.1 Å². The summed E-state index contributed by atoms with van der Waals surface area (Å²) < 4.78 is 0. The summed E-state index contributed by atoms with van der Waals surface area (Å²) in [6.07, 6.45) is 11.7. The largest absolute Gasteiger partial charge is 0.481 e. The minimum atomic E-state index is -0.764. The fourth-order valence-corrected chi connectivity index (χ4v) is 6.05. The average molecular weight is 449 g/mol. The maximum absolute atomic E-state index is 11.0. The van der Waals surface area contributed by atoms with Gasteiger partial charge in [-0.3, -0.25) is 4.79 Å². The molecule has 2 aliphatic rings. The first kappa shape index (κ1) is 24.3. The Labute approximate surface area is 191 Å². The summed E-state index contributed by atoms with van der Waals surface area (Å²) in [5.74, 6) is -0.647. The lowest BCUT2D eigenvalue weighted by Crippen LogP contribution is -2.36. The summed E-state index contributed by atoms with van der Waals surface area (Å²) in [5, 5.41) is 30.4. The molecule has 1 aromatic carbocycles. The van der Waals surface area contributed by atoms with E-state index in [9.17, 15) is 15.0 Å². The van der Waals surface area contributed by atoms with Crippen LogP contribution in [-0.2, 0) is 4.79 Å². The normalized spacial score (nSPS) is 28.5. The highest BCUT2D eigenvalue weighted by Crippen LogP contribution is 2.53. The zero-order chi connectivity index (χ0) is 22.4. The van der Waals surface area contributed by atoms with E-state index >= 15 is 0 Å². The SMILES string of the molecule is CCCC1(C(O)c2ccc([C@@H]3[C@@H](C/C=C\CCCC(=O)O)[C@@H](Cl)C[C@H]3O)cc2)CCC1. The van der Waals surface area contributed by atoms with Crippen molar-refractivity contribution >= 4 is 17.6 Å². The standard InChI is InChI=1S/C26H37ClO4/c1-2-14-26(15-7-16-26)25(31)19-12-10-18(11-13-19)24-20(21(27)17-22(24)28)8-5-3-4-6-9-23(29)30/h3,5,10-13,20-22,24-25,28,31H,2,4,6-9,14-17H2,1H3,(H,29,30)/b5-3-/t20-,21-,22+,24+,25?/m0/s1. The van der Waals surface area contributed by atoms with Gasteiger partial charge in [0.25, 0.3) is 0 Å². The minimum Gasteiger partial charge on any atom is -0.481 e. The van der Waals surface area contributed by atoms with Crippen LogP contribution in [0.5, 0.6) is 0 Å². The van der Waals surface area contributed by atoms with E-state index in [0.29, 0.717) is 12.8 Å². The predicted octanol–water partition coefficient (Wildman–Crippen LogP) is 5.96.